The lowest BCUT2D eigenvalue weighted by Gasteiger charge is -2.16. The molecule has 108 valence electrons. The molecule has 0 spiro atoms. The van der Waals surface area contributed by atoms with Crippen LogP contribution in [0.3, 0.4) is 0 Å². The van der Waals surface area contributed by atoms with Gasteiger partial charge in [-0.25, -0.2) is 4.39 Å². The van der Waals surface area contributed by atoms with Crippen LogP contribution in [-0.4, -0.2) is 12.1 Å². The predicted molar refractivity (Wildman–Crippen MR) is 80.6 cm³/mol. The molecule has 0 heterocycles. The van der Waals surface area contributed by atoms with E-state index < -0.39 is 11.7 Å². The maximum absolute atomic E-state index is 13.1. The van der Waals surface area contributed by atoms with Crippen LogP contribution in [0.2, 0.25) is 5.02 Å². The third-order valence-electron chi connectivity index (χ3n) is 3.39. The van der Waals surface area contributed by atoms with Crippen LogP contribution in [-0.2, 0) is 0 Å². The molecule has 2 aromatic carbocycles. The second-order valence-electron chi connectivity index (χ2n) is 4.73. The van der Waals surface area contributed by atoms with Gasteiger partial charge in [0, 0.05) is 22.1 Å². The SMILES string of the molecule is CCC(C(=O)c1ccc(C=O)cc1)c1ccc(F)cc1Cl. The molecule has 0 radical (unpaired) electrons. The van der Waals surface area contributed by atoms with Gasteiger partial charge < -0.3 is 0 Å². The maximum Gasteiger partial charge on any atom is 0.170 e. The number of hydrogen-bond acceptors (Lipinski definition) is 2. The molecule has 21 heavy (non-hydrogen) atoms. The summed E-state index contributed by atoms with van der Waals surface area (Å²) in [5.41, 5.74) is 1.64. The van der Waals surface area contributed by atoms with Gasteiger partial charge in [-0.2, -0.15) is 0 Å². The van der Waals surface area contributed by atoms with Gasteiger partial charge in [0.1, 0.15) is 12.1 Å². The number of carbonyl (C=O) groups excluding carboxylic acids is 2. The number of carbonyl (C=O) groups is 2. The van der Waals surface area contributed by atoms with E-state index >= 15 is 0 Å². The molecule has 0 saturated carbocycles. The molecular formula is C17H14ClFO2. The van der Waals surface area contributed by atoms with Crippen molar-refractivity contribution in [3.8, 4) is 0 Å². The fourth-order valence-corrected chi connectivity index (χ4v) is 2.56. The summed E-state index contributed by atoms with van der Waals surface area (Å²) in [6.45, 7) is 1.88. The van der Waals surface area contributed by atoms with Gasteiger partial charge in [0.05, 0.1) is 0 Å². The summed E-state index contributed by atoms with van der Waals surface area (Å²) >= 11 is 6.04. The lowest BCUT2D eigenvalue weighted by Crippen LogP contribution is -2.13. The number of benzene rings is 2. The average molecular weight is 305 g/mol. The highest BCUT2D eigenvalue weighted by atomic mass is 35.5. The normalized spacial score (nSPS) is 12.0. The van der Waals surface area contributed by atoms with Crippen molar-refractivity contribution in [2.75, 3.05) is 0 Å². The van der Waals surface area contributed by atoms with Crippen molar-refractivity contribution in [1.29, 1.82) is 0 Å². The highest BCUT2D eigenvalue weighted by Gasteiger charge is 2.22. The van der Waals surface area contributed by atoms with Crippen LogP contribution in [0, 0.1) is 5.82 Å². The Bertz CT molecular complexity index is 665. The topological polar surface area (TPSA) is 34.1 Å². The largest absolute Gasteiger partial charge is 0.298 e. The van der Waals surface area contributed by atoms with E-state index in [0.717, 1.165) is 6.29 Å². The van der Waals surface area contributed by atoms with Crippen molar-refractivity contribution in [1.82, 2.24) is 0 Å². The maximum atomic E-state index is 13.1. The molecule has 0 aliphatic rings. The van der Waals surface area contributed by atoms with Gasteiger partial charge in [-0.1, -0.05) is 48.9 Å². The van der Waals surface area contributed by atoms with Crippen LogP contribution in [0.4, 0.5) is 4.39 Å². The van der Waals surface area contributed by atoms with E-state index in [9.17, 15) is 14.0 Å². The summed E-state index contributed by atoms with van der Waals surface area (Å²) in [6, 6.07) is 10.5. The molecule has 0 fully saturated rings. The van der Waals surface area contributed by atoms with Gasteiger partial charge in [-0.05, 0) is 24.1 Å². The zero-order chi connectivity index (χ0) is 15.4. The molecule has 1 atom stereocenters. The second-order valence-corrected chi connectivity index (χ2v) is 5.14. The van der Waals surface area contributed by atoms with Crippen molar-refractivity contribution in [3.05, 3.63) is 70.0 Å². The van der Waals surface area contributed by atoms with Gasteiger partial charge in [0.2, 0.25) is 0 Å². The summed E-state index contributed by atoms with van der Waals surface area (Å²) in [5.74, 6) is -0.954. The monoisotopic (exact) mass is 304 g/mol. The molecule has 0 N–H and O–H groups in total. The Labute approximate surface area is 127 Å². The van der Waals surface area contributed by atoms with Gasteiger partial charge in [0.25, 0.3) is 0 Å². The van der Waals surface area contributed by atoms with E-state index in [1.165, 1.54) is 12.1 Å². The minimum atomic E-state index is -0.430. The first-order valence-electron chi connectivity index (χ1n) is 6.61. The molecule has 4 heteroatoms. The standard InChI is InChI=1S/C17H14ClFO2/c1-2-14(15-8-7-13(19)9-16(15)18)17(21)12-5-3-11(10-20)4-6-12/h3-10,14H,2H2,1H3. The van der Waals surface area contributed by atoms with Crippen LogP contribution >= 0.6 is 11.6 Å². The quantitative estimate of drug-likeness (QED) is 0.594. The van der Waals surface area contributed by atoms with Crippen LogP contribution in [0.1, 0.15) is 45.5 Å². The second kappa shape index (κ2) is 6.64. The number of ketones is 1. The fraction of sp³-hybridized carbons (Fsp3) is 0.176. The lowest BCUT2D eigenvalue weighted by molar-refractivity contribution is 0.0956. The Morgan fingerprint density at radius 2 is 1.90 bits per heavy atom. The van der Waals surface area contributed by atoms with Gasteiger partial charge >= 0.3 is 0 Å². The molecule has 0 amide bonds. The number of halogens is 2. The fourth-order valence-electron chi connectivity index (χ4n) is 2.26. The predicted octanol–water partition coefficient (Wildman–Crippen LogP) is 4.67. The van der Waals surface area contributed by atoms with Crippen LogP contribution < -0.4 is 0 Å². The minimum Gasteiger partial charge on any atom is -0.298 e. The number of hydrogen-bond donors (Lipinski definition) is 0. The lowest BCUT2D eigenvalue weighted by atomic mass is 9.88. The number of Topliss-reactive ketones (excluding diaryl/α,β-unsaturated/α-hetero) is 1. The zero-order valence-electron chi connectivity index (χ0n) is 11.5. The van der Waals surface area contributed by atoms with Crippen LogP contribution in [0.5, 0.6) is 0 Å². The summed E-state index contributed by atoms with van der Waals surface area (Å²) in [6.07, 6.45) is 1.28. The van der Waals surface area contributed by atoms with E-state index in [2.05, 4.69) is 0 Å². The summed E-state index contributed by atoms with van der Waals surface area (Å²) < 4.78 is 13.1. The first kappa shape index (κ1) is 15.4. The Morgan fingerprint density at radius 3 is 2.43 bits per heavy atom. The molecule has 0 aliphatic carbocycles. The van der Waals surface area contributed by atoms with E-state index in [1.807, 2.05) is 6.92 Å². The van der Waals surface area contributed by atoms with Crippen LogP contribution in [0.25, 0.3) is 0 Å². The highest BCUT2D eigenvalue weighted by Crippen LogP contribution is 2.30. The molecule has 0 saturated heterocycles. The highest BCUT2D eigenvalue weighted by molar-refractivity contribution is 6.31. The molecule has 2 aromatic rings. The van der Waals surface area contributed by atoms with Gasteiger partial charge in [0.15, 0.2) is 5.78 Å². The zero-order valence-corrected chi connectivity index (χ0v) is 12.2. The molecule has 1 unspecified atom stereocenters. The van der Waals surface area contributed by atoms with E-state index in [0.29, 0.717) is 23.1 Å². The van der Waals surface area contributed by atoms with Crippen molar-refractivity contribution in [2.24, 2.45) is 0 Å². The Morgan fingerprint density at radius 1 is 1.24 bits per heavy atom. The van der Waals surface area contributed by atoms with E-state index in [4.69, 9.17) is 11.6 Å². The van der Waals surface area contributed by atoms with E-state index in [1.54, 1.807) is 30.3 Å². The first-order chi connectivity index (χ1) is 10.1. The van der Waals surface area contributed by atoms with Crippen molar-refractivity contribution in [2.45, 2.75) is 19.3 Å². The number of rotatable bonds is 5. The van der Waals surface area contributed by atoms with E-state index in [-0.39, 0.29) is 10.8 Å². The third-order valence-corrected chi connectivity index (χ3v) is 3.72. The number of aldehydes is 1. The average Bonchev–Trinajstić information content (AvgIpc) is 2.50. The molecule has 0 aliphatic heterocycles. The molecule has 2 rings (SSSR count). The molecule has 0 bridgehead atoms. The Kier molecular flexibility index (Phi) is 4.86. The summed E-state index contributed by atoms with van der Waals surface area (Å²) in [4.78, 5) is 23.2. The van der Waals surface area contributed by atoms with Crippen molar-refractivity contribution in [3.63, 3.8) is 0 Å². The Balaban J connectivity index is 2.35. The molecule has 2 nitrogen and oxygen atoms in total. The summed E-state index contributed by atoms with van der Waals surface area (Å²) in [5, 5.41) is 0.250. The van der Waals surface area contributed by atoms with Crippen molar-refractivity contribution < 1.29 is 14.0 Å². The smallest absolute Gasteiger partial charge is 0.170 e. The minimum absolute atomic E-state index is 0.0940. The first-order valence-corrected chi connectivity index (χ1v) is 6.99. The van der Waals surface area contributed by atoms with Gasteiger partial charge in [-0.15, -0.1) is 0 Å². The molecule has 0 aromatic heterocycles. The summed E-state index contributed by atoms with van der Waals surface area (Å²) in [7, 11) is 0. The van der Waals surface area contributed by atoms with Crippen molar-refractivity contribution >= 4 is 23.7 Å². The molecular weight excluding hydrogens is 291 g/mol. The Hall–Kier alpha value is -2.00. The van der Waals surface area contributed by atoms with Gasteiger partial charge in [-0.3, -0.25) is 9.59 Å². The third kappa shape index (κ3) is 3.37. The van der Waals surface area contributed by atoms with Crippen LogP contribution in [0.15, 0.2) is 42.5 Å².